The van der Waals surface area contributed by atoms with Crippen molar-refractivity contribution >= 4 is 11.6 Å². The van der Waals surface area contributed by atoms with Crippen LogP contribution in [-0.2, 0) is 24.2 Å². The van der Waals surface area contributed by atoms with Gasteiger partial charge in [-0.3, -0.25) is 4.79 Å². The first-order valence-electron chi connectivity index (χ1n) is 10.5. The van der Waals surface area contributed by atoms with E-state index in [1.807, 2.05) is 37.3 Å². The number of carbonyl (C=O) groups is 1. The molecule has 152 valence electrons. The third-order valence-corrected chi connectivity index (χ3v) is 5.60. The topological polar surface area (TPSA) is 83.6 Å². The molecule has 6 nitrogen and oxygen atoms in total. The summed E-state index contributed by atoms with van der Waals surface area (Å²) >= 11 is 0. The fourth-order valence-corrected chi connectivity index (χ4v) is 3.81. The SMILES string of the molecule is Cc1ccc(-c2nnc3n2CCCCC3)cc1NC(=O)CCc1ccc(C#N)cc1. The Morgan fingerprint density at radius 1 is 1.13 bits per heavy atom. The van der Waals surface area contributed by atoms with Crippen LogP contribution in [0.3, 0.4) is 0 Å². The van der Waals surface area contributed by atoms with E-state index in [9.17, 15) is 4.79 Å². The van der Waals surface area contributed by atoms with Gasteiger partial charge in [0.2, 0.25) is 5.91 Å². The van der Waals surface area contributed by atoms with E-state index in [0.29, 0.717) is 18.4 Å². The number of hydrogen-bond donors (Lipinski definition) is 1. The Morgan fingerprint density at radius 2 is 1.97 bits per heavy atom. The molecule has 0 saturated carbocycles. The molecule has 1 aliphatic rings. The van der Waals surface area contributed by atoms with Crippen molar-refractivity contribution in [3.8, 4) is 17.5 Å². The predicted molar refractivity (Wildman–Crippen MR) is 116 cm³/mol. The van der Waals surface area contributed by atoms with Gasteiger partial charge in [0.15, 0.2) is 5.82 Å². The number of benzene rings is 2. The molecular formula is C24H25N5O. The number of amides is 1. The summed E-state index contributed by atoms with van der Waals surface area (Å²) in [6.45, 7) is 2.93. The highest BCUT2D eigenvalue weighted by Gasteiger charge is 2.17. The van der Waals surface area contributed by atoms with Crippen molar-refractivity contribution in [3.05, 3.63) is 65.0 Å². The van der Waals surface area contributed by atoms with E-state index in [-0.39, 0.29) is 5.91 Å². The van der Waals surface area contributed by atoms with Crippen LogP contribution < -0.4 is 5.32 Å². The number of aromatic nitrogens is 3. The smallest absolute Gasteiger partial charge is 0.224 e. The first-order valence-corrected chi connectivity index (χ1v) is 10.5. The third kappa shape index (κ3) is 4.41. The molecule has 1 aromatic heterocycles. The maximum Gasteiger partial charge on any atom is 0.224 e. The molecule has 2 aromatic carbocycles. The zero-order chi connectivity index (χ0) is 20.9. The number of nitrogens with zero attached hydrogens (tertiary/aromatic N) is 4. The molecule has 0 spiro atoms. The lowest BCUT2D eigenvalue weighted by Gasteiger charge is -2.12. The van der Waals surface area contributed by atoms with Crippen molar-refractivity contribution in [2.45, 2.75) is 52.0 Å². The molecule has 0 saturated heterocycles. The van der Waals surface area contributed by atoms with Crippen molar-refractivity contribution in [1.82, 2.24) is 14.8 Å². The number of nitrogens with one attached hydrogen (secondary N) is 1. The molecule has 1 N–H and O–H groups in total. The maximum absolute atomic E-state index is 12.5. The lowest BCUT2D eigenvalue weighted by molar-refractivity contribution is -0.116. The molecule has 0 aliphatic carbocycles. The Kier molecular flexibility index (Phi) is 5.89. The molecule has 30 heavy (non-hydrogen) atoms. The molecule has 2 heterocycles. The summed E-state index contributed by atoms with van der Waals surface area (Å²) in [4.78, 5) is 12.5. The van der Waals surface area contributed by atoms with Gasteiger partial charge in [0, 0.05) is 30.6 Å². The van der Waals surface area contributed by atoms with Crippen LogP contribution in [0.15, 0.2) is 42.5 Å². The monoisotopic (exact) mass is 399 g/mol. The Hall–Kier alpha value is -3.46. The normalized spacial score (nSPS) is 13.2. The summed E-state index contributed by atoms with van der Waals surface area (Å²) in [5.74, 6) is 1.90. The minimum atomic E-state index is -0.0281. The number of aryl methyl sites for hydroxylation is 3. The van der Waals surface area contributed by atoms with Gasteiger partial charge in [-0.05, 0) is 55.5 Å². The van der Waals surface area contributed by atoms with Gasteiger partial charge in [-0.25, -0.2) is 0 Å². The van der Waals surface area contributed by atoms with Gasteiger partial charge in [-0.15, -0.1) is 10.2 Å². The van der Waals surface area contributed by atoms with Crippen LogP contribution >= 0.6 is 0 Å². The van der Waals surface area contributed by atoms with Gasteiger partial charge >= 0.3 is 0 Å². The van der Waals surface area contributed by atoms with E-state index in [4.69, 9.17) is 5.26 Å². The fraction of sp³-hybridized carbons (Fsp3) is 0.333. The zero-order valence-electron chi connectivity index (χ0n) is 17.2. The highest BCUT2D eigenvalue weighted by atomic mass is 16.1. The molecule has 1 amide bonds. The summed E-state index contributed by atoms with van der Waals surface area (Å²) < 4.78 is 2.22. The number of rotatable bonds is 5. The van der Waals surface area contributed by atoms with Crippen LogP contribution in [0.25, 0.3) is 11.4 Å². The van der Waals surface area contributed by atoms with Crippen LogP contribution in [0.1, 0.15) is 48.2 Å². The minimum Gasteiger partial charge on any atom is -0.326 e. The number of carbonyl (C=O) groups excluding carboxylic acids is 1. The Balaban J connectivity index is 1.46. The first kappa shape index (κ1) is 19.8. The molecule has 0 fully saturated rings. The second kappa shape index (κ2) is 8.91. The van der Waals surface area contributed by atoms with E-state index in [1.165, 1.54) is 6.42 Å². The lowest BCUT2D eigenvalue weighted by Crippen LogP contribution is -2.13. The Labute approximate surface area is 176 Å². The van der Waals surface area contributed by atoms with Crippen LogP contribution in [-0.4, -0.2) is 20.7 Å². The molecule has 0 unspecified atom stereocenters. The van der Waals surface area contributed by atoms with E-state index in [2.05, 4.69) is 26.2 Å². The maximum atomic E-state index is 12.5. The summed E-state index contributed by atoms with van der Waals surface area (Å²) in [6, 6.07) is 15.5. The number of nitriles is 1. The predicted octanol–water partition coefficient (Wildman–Crippen LogP) is 4.42. The third-order valence-electron chi connectivity index (χ3n) is 5.60. The van der Waals surface area contributed by atoms with E-state index >= 15 is 0 Å². The number of fused-ring (bicyclic) bond motifs is 1. The molecule has 4 rings (SSSR count). The number of hydrogen-bond acceptors (Lipinski definition) is 4. The van der Waals surface area contributed by atoms with Crippen LogP contribution in [0.5, 0.6) is 0 Å². The van der Waals surface area contributed by atoms with E-state index in [0.717, 1.165) is 59.8 Å². The molecule has 0 bridgehead atoms. The Bertz CT molecular complexity index is 1090. The second-order valence-corrected chi connectivity index (χ2v) is 7.79. The molecular weight excluding hydrogens is 374 g/mol. The molecule has 0 atom stereocenters. The first-order chi connectivity index (χ1) is 14.6. The number of anilines is 1. The highest BCUT2D eigenvalue weighted by Crippen LogP contribution is 2.27. The van der Waals surface area contributed by atoms with Gasteiger partial charge in [0.25, 0.3) is 0 Å². The standard InChI is InChI=1S/C24H25N5O/c1-17-6-12-20(24-28-27-22-5-3-2-4-14-29(22)24)15-21(17)26-23(30)13-11-18-7-9-19(16-25)10-8-18/h6-10,12,15H,2-5,11,13-14H2,1H3,(H,26,30). The molecule has 1 aliphatic heterocycles. The van der Waals surface area contributed by atoms with Crippen molar-refractivity contribution < 1.29 is 4.79 Å². The fourth-order valence-electron chi connectivity index (χ4n) is 3.81. The zero-order valence-corrected chi connectivity index (χ0v) is 17.2. The van der Waals surface area contributed by atoms with Gasteiger partial charge in [-0.1, -0.05) is 30.7 Å². The van der Waals surface area contributed by atoms with Crippen LogP contribution in [0, 0.1) is 18.3 Å². The average Bonchev–Trinajstić information content (AvgIpc) is 3.02. The second-order valence-electron chi connectivity index (χ2n) is 7.79. The summed E-state index contributed by atoms with van der Waals surface area (Å²) in [5.41, 5.74) is 4.47. The highest BCUT2D eigenvalue weighted by molar-refractivity contribution is 5.92. The van der Waals surface area contributed by atoms with Crippen molar-refractivity contribution in [2.24, 2.45) is 0 Å². The summed E-state index contributed by atoms with van der Waals surface area (Å²) in [6.07, 6.45) is 5.51. The van der Waals surface area contributed by atoms with Gasteiger partial charge < -0.3 is 9.88 Å². The van der Waals surface area contributed by atoms with Gasteiger partial charge in [-0.2, -0.15) is 5.26 Å². The van der Waals surface area contributed by atoms with E-state index < -0.39 is 0 Å². The molecule has 0 radical (unpaired) electrons. The summed E-state index contributed by atoms with van der Waals surface area (Å²) in [7, 11) is 0. The Morgan fingerprint density at radius 3 is 2.77 bits per heavy atom. The lowest BCUT2D eigenvalue weighted by atomic mass is 10.1. The van der Waals surface area contributed by atoms with Crippen molar-refractivity contribution in [3.63, 3.8) is 0 Å². The van der Waals surface area contributed by atoms with Crippen LogP contribution in [0.2, 0.25) is 0 Å². The minimum absolute atomic E-state index is 0.0281. The molecule has 6 heteroatoms. The summed E-state index contributed by atoms with van der Waals surface area (Å²) in [5, 5.41) is 20.7. The average molecular weight is 399 g/mol. The quantitative estimate of drug-likeness (QED) is 0.688. The molecule has 3 aromatic rings. The largest absolute Gasteiger partial charge is 0.326 e. The van der Waals surface area contributed by atoms with Crippen molar-refractivity contribution in [1.29, 1.82) is 5.26 Å². The van der Waals surface area contributed by atoms with E-state index in [1.54, 1.807) is 12.1 Å². The van der Waals surface area contributed by atoms with Gasteiger partial charge in [0.05, 0.1) is 11.6 Å². The van der Waals surface area contributed by atoms with Gasteiger partial charge in [0.1, 0.15) is 5.82 Å². The van der Waals surface area contributed by atoms with Crippen molar-refractivity contribution in [2.75, 3.05) is 5.32 Å². The van der Waals surface area contributed by atoms with Crippen LogP contribution in [0.4, 0.5) is 5.69 Å².